The van der Waals surface area contributed by atoms with Crippen molar-refractivity contribution in [2.75, 3.05) is 19.6 Å². The topological polar surface area (TPSA) is 105 Å². The van der Waals surface area contributed by atoms with E-state index in [1.54, 1.807) is 5.01 Å². The van der Waals surface area contributed by atoms with Gasteiger partial charge in [0.2, 0.25) is 5.84 Å². The molecule has 0 radical (unpaired) electrons. The summed E-state index contributed by atoms with van der Waals surface area (Å²) in [5, 5.41) is 14.0. The van der Waals surface area contributed by atoms with Gasteiger partial charge in [-0.25, -0.2) is 4.79 Å². The Morgan fingerprint density at radius 2 is 2.07 bits per heavy atom. The molecule has 0 spiro atoms. The first-order valence-corrected chi connectivity index (χ1v) is 4.66. The molecule has 0 amide bonds. The minimum Gasteiger partial charge on any atom is -0.475 e. The largest absolute Gasteiger partial charge is 0.475 e. The monoisotopic (exact) mass is 200 g/mol. The molecule has 0 atom stereocenters. The predicted octanol–water partition coefficient (Wildman–Crippen LogP) is -0.986. The van der Waals surface area contributed by atoms with Gasteiger partial charge >= 0.3 is 5.97 Å². The smallest absolute Gasteiger partial charge is 0.373 e. The van der Waals surface area contributed by atoms with Crippen LogP contribution in [-0.4, -0.2) is 41.6 Å². The average molecular weight is 200 g/mol. The van der Waals surface area contributed by atoms with Crippen molar-refractivity contribution < 1.29 is 9.90 Å². The summed E-state index contributed by atoms with van der Waals surface area (Å²) in [6.07, 6.45) is 1.90. The summed E-state index contributed by atoms with van der Waals surface area (Å²) in [7, 11) is 0. The first kappa shape index (κ1) is 10.8. The molecule has 1 aliphatic rings. The number of hydrogen-bond acceptors (Lipinski definition) is 4. The number of carbonyl (C=O) groups is 1. The van der Waals surface area contributed by atoms with Crippen LogP contribution in [0.3, 0.4) is 0 Å². The van der Waals surface area contributed by atoms with Crippen LogP contribution in [0.15, 0.2) is 5.10 Å². The summed E-state index contributed by atoms with van der Waals surface area (Å²) in [5.41, 5.74) is 10.7. The van der Waals surface area contributed by atoms with Crippen LogP contribution in [0.1, 0.15) is 12.8 Å². The third-order valence-corrected chi connectivity index (χ3v) is 2.39. The number of aliphatic carboxylic acids is 1. The van der Waals surface area contributed by atoms with E-state index in [-0.39, 0.29) is 5.84 Å². The van der Waals surface area contributed by atoms with Gasteiger partial charge in [0.15, 0.2) is 0 Å². The standard InChI is InChI=1S/C8H16N4O2/c9-5-6-1-3-12(4-2-6)11-7(10)8(13)14/h6H,1-5,9H2,(H2,10,11)(H,13,14). The molecule has 0 saturated carbocycles. The minimum absolute atomic E-state index is 0.351. The van der Waals surface area contributed by atoms with Crippen LogP contribution in [0.2, 0.25) is 0 Å². The summed E-state index contributed by atoms with van der Waals surface area (Å²) in [6.45, 7) is 2.15. The van der Waals surface area contributed by atoms with Gasteiger partial charge in [0.05, 0.1) is 0 Å². The molecule has 80 valence electrons. The first-order valence-electron chi connectivity index (χ1n) is 4.66. The Kier molecular flexibility index (Phi) is 3.70. The number of carboxylic acid groups (broad SMARTS) is 1. The lowest BCUT2D eigenvalue weighted by atomic mass is 9.98. The maximum absolute atomic E-state index is 10.4. The van der Waals surface area contributed by atoms with E-state index in [9.17, 15) is 4.79 Å². The molecule has 0 aromatic rings. The summed E-state index contributed by atoms with van der Waals surface area (Å²) >= 11 is 0. The van der Waals surface area contributed by atoms with E-state index in [1.807, 2.05) is 0 Å². The molecular formula is C8H16N4O2. The highest BCUT2D eigenvalue weighted by Crippen LogP contribution is 2.15. The maximum atomic E-state index is 10.4. The van der Waals surface area contributed by atoms with Crippen LogP contribution in [0.4, 0.5) is 0 Å². The zero-order chi connectivity index (χ0) is 10.6. The number of amidine groups is 1. The molecule has 0 aromatic carbocycles. The van der Waals surface area contributed by atoms with Gasteiger partial charge in [-0.2, -0.15) is 5.10 Å². The molecule has 1 saturated heterocycles. The molecular weight excluding hydrogens is 184 g/mol. The van der Waals surface area contributed by atoms with E-state index in [0.717, 1.165) is 25.9 Å². The van der Waals surface area contributed by atoms with E-state index in [4.69, 9.17) is 16.6 Å². The molecule has 6 nitrogen and oxygen atoms in total. The lowest BCUT2D eigenvalue weighted by Crippen LogP contribution is -2.36. The molecule has 0 unspecified atom stereocenters. The van der Waals surface area contributed by atoms with Crippen molar-refractivity contribution in [1.82, 2.24) is 5.01 Å². The molecule has 1 rings (SSSR count). The Morgan fingerprint density at radius 3 is 2.50 bits per heavy atom. The first-order chi connectivity index (χ1) is 6.63. The Labute approximate surface area is 82.5 Å². The summed E-state index contributed by atoms with van der Waals surface area (Å²) in [4.78, 5) is 10.4. The molecule has 0 aromatic heterocycles. The lowest BCUT2D eigenvalue weighted by Gasteiger charge is -2.29. The van der Waals surface area contributed by atoms with Crippen LogP contribution in [0, 0.1) is 5.92 Å². The number of hydrazone groups is 1. The zero-order valence-electron chi connectivity index (χ0n) is 8.02. The normalized spacial score (nSPS) is 19.8. The fourth-order valence-electron chi connectivity index (χ4n) is 1.45. The lowest BCUT2D eigenvalue weighted by molar-refractivity contribution is -0.129. The van der Waals surface area contributed by atoms with Crippen LogP contribution in [0.5, 0.6) is 0 Å². The van der Waals surface area contributed by atoms with Crippen molar-refractivity contribution >= 4 is 11.8 Å². The van der Waals surface area contributed by atoms with Gasteiger partial charge in [0.25, 0.3) is 0 Å². The van der Waals surface area contributed by atoms with Crippen molar-refractivity contribution in [3.63, 3.8) is 0 Å². The SMILES string of the molecule is NCC1CCN(/N=C(\N)C(=O)O)CC1. The van der Waals surface area contributed by atoms with Gasteiger partial charge < -0.3 is 16.6 Å². The third-order valence-electron chi connectivity index (χ3n) is 2.39. The van der Waals surface area contributed by atoms with Gasteiger partial charge in [-0.1, -0.05) is 0 Å². The van der Waals surface area contributed by atoms with Gasteiger partial charge in [-0.3, -0.25) is 5.01 Å². The Morgan fingerprint density at radius 1 is 1.50 bits per heavy atom. The number of piperidine rings is 1. The van der Waals surface area contributed by atoms with Crippen molar-refractivity contribution in [3.05, 3.63) is 0 Å². The fourth-order valence-corrected chi connectivity index (χ4v) is 1.45. The van der Waals surface area contributed by atoms with Gasteiger partial charge in [-0.05, 0) is 25.3 Å². The second-order valence-corrected chi connectivity index (χ2v) is 3.42. The van der Waals surface area contributed by atoms with Crippen LogP contribution in [-0.2, 0) is 4.79 Å². The number of carboxylic acids is 1. The highest BCUT2D eigenvalue weighted by molar-refractivity contribution is 6.33. The second kappa shape index (κ2) is 4.80. The quantitative estimate of drug-likeness (QED) is 0.392. The Balaban J connectivity index is 2.42. The Bertz CT molecular complexity index is 233. The van der Waals surface area contributed by atoms with E-state index in [0.29, 0.717) is 12.5 Å². The predicted molar refractivity (Wildman–Crippen MR) is 52.6 cm³/mol. The number of hydrogen-bond donors (Lipinski definition) is 3. The third kappa shape index (κ3) is 2.88. The van der Waals surface area contributed by atoms with Crippen molar-refractivity contribution in [1.29, 1.82) is 0 Å². The van der Waals surface area contributed by atoms with Crippen molar-refractivity contribution in [3.8, 4) is 0 Å². The summed E-state index contributed by atoms with van der Waals surface area (Å²) in [5.74, 6) is -0.991. The van der Waals surface area contributed by atoms with Crippen LogP contribution in [0.25, 0.3) is 0 Å². The highest BCUT2D eigenvalue weighted by Gasteiger charge is 2.17. The summed E-state index contributed by atoms with van der Waals surface area (Å²) in [6, 6.07) is 0. The molecule has 1 heterocycles. The fraction of sp³-hybridized carbons (Fsp3) is 0.750. The molecule has 1 fully saturated rings. The van der Waals surface area contributed by atoms with E-state index in [1.165, 1.54) is 0 Å². The zero-order valence-corrected chi connectivity index (χ0v) is 8.02. The molecule has 5 N–H and O–H groups in total. The van der Waals surface area contributed by atoms with E-state index >= 15 is 0 Å². The molecule has 1 aliphatic heterocycles. The van der Waals surface area contributed by atoms with E-state index in [2.05, 4.69) is 5.10 Å². The molecule has 6 heteroatoms. The molecule has 0 aliphatic carbocycles. The number of nitrogens with zero attached hydrogens (tertiary/aromatic N) is 2. The summed E-state index contributed by atoms with van der Waals surface area (Å²) < 4.78 is 0. The molecule has 0 bridgehead atoms. The van der Waals surface area contributed by atoms with Gasteiger partial charge in [0, 0.05) is 13.1 Å². The average Bonchev–Trinajstić information content (AvgIpc) is 2.19. The van der Waals surface area contributed by atoms with Crippen molar-refractivity contribution in [2.45, 2.75) is 12.8 Å². The minimum atomic E-state index is -1.18. The second-order valence-electron chi connectivity index (χ2n) is 3.42. The Hall–Kier alpha value is -1.30. The van der Waals surface area contributed by atoms with Crippen molar-refractivity contribution in [2.24, 2.45) is 22.5 Å². The van der Waals surface area contributed by atoms with Gasteiger partial charge in [-0.15, -0.1) is 0 Å². The number of nitrogens with two attached hydrogens (primary N) is 2. The van der Waals surface area contributed by atoms with Gasteiger partial charge in [0.1, 0.15) is 0 Å². The van der Waals surface area contributed by atoms with Crippen LogP contribution >= 0.6 is 0 Å². The maximum Gasteiger partial charge on any atom is 0.373 e. The highest BCUT2D eigenvalue weighted by atomic mass is 16.4. The molecule has 14 heavy (non-hydrogen) atoms. The van der Waals surface area contributed by atoms with Crippen LogP contribution < -0.4 is 11.5 Å². The number of rotatable bonds is 2. The van der Waals surface area contributed by atoms with E-state index < -0.39 is 5.97 Å².